The van der Waals surface area contributed by atoms with Gasteiger partial charge in [-0.25, -0.2) is 13.6 Å². The van der Waals surface area contributed by atoms with Gasteiger partial charge in [-0.15, -0.1) is 0 Å². The number of para-hydroxylation sites is 1. The molecule has 0 bridgehead atoms. The Bertz CT molecular complexity index is 538. The van der Waals surface area contributed by atoms with Crippen LogP contribution in [-0.4, -0.2) is 14.3 Å². The second-order valence-electron chi connectivity index (χ2n) is 4.56. The summed E-state index contributed by atoms with van der Waals surface area (Å²) in [6, 6.07) is 6.08. The number of sulfonamides is 1. The zero-order chi connectivity index (χ0) is 13.9. The van der Waals surface area contributed by atoms with E-state index < -0.39 is 10.0 Å². The van der Waals surface area contributed by atoms with Gasteiger partial charge in [-0.3, -0.25) is 4.79 Å². The number of nitrogens with one attached hydrogen (secondary N) is 1. The normalized spacial score (nSPS) is 13.4. The Balaban J connectivity index is 3.03. The second kappa shape index (κ2) is 5.49. The molecule has 1 aromatic carbocycles. The number of rotatable bonds is 4. The maximum Gasteiger partial charge on any atom is 0.240 e. The van der Waals surface area contributed by atoms with Gasteiger partial charge in [-0.1, -0.05) is 32.9 Å². The van der Waals surface area contributed by atoms with Gasteiger partial charge in [-0.2, -0.15) is 0 Å². The Labute approximate surface area is 107 Å². The number of benzene rings is 1. The average Bonchev–Trinajstić information content (AvgIpc) is 2.27. The Morgan fingerprint density at radius 1 is 1.22 bits per heavy atom. The smallest absolute Gasteiger partial charge is 0.240 e. The Morgan fingerprint density at radius 3 is 2.28 bits per heavy atom. The second-order valence-corrected chi connectivity index (χ2v) is 6.09. The summed E-state index contributed by atoms with van der Waals surface area (Å²) in [5.74, 6) is -0.258. The van der Waals surface area contributed by atoms with E-state index in [2.05, 4.69) is 5.32 Å². The molecule has 1 rings (SSSR count). The number of carbonyl (C=O) groups is 1. The van der Waals surface area contributed by atoms with Crippen LogP contribution in [0.2, 0.25) is 0 Å². The molecule has 100 valence electrons. The summed E-state index contributed by atoms with van der Waals surface area (Å²) in [4.78, 5) is 11.8. The number of primary sulfonamides is 1. The van der Waals surface area contributed by atoms with Gasteiger partial charge in [0.05, 0.1) is 5.69 Å². The van der Waals surface area contributed by atoms with Crippen LogP contribution < -0.4 is 10.5 Å². The third-order valence-corrected chi connectivity index (χ3v) is 3.83. The fraction of sp³-hybridized carbons (Fsp3) is 0.417. The van der Waals surface area contributed by atoms with Crippen molar-refractivity contribution in [3.8, 4) is 0 Å². The van der Waals surface area contributed by atoms with Crippen LogP contribution in [0.1, 0.15) is 20.8 Å². The predicted octanol–water partition coefficient (Wildman–Crippen LogP) is 1.56. The first-order chi connectivity index (χ1) is 8.23. The topological polar surface area (TPSA) is 89.3 Å². The van der Waals surface area contributed by atoms with Crippen LogP contribution in [0, 0.1) is 11.8 Å². The van der Waals surface area contributed by atoms with Crippen molar-refractivity contribution in [3.63, 3.8) is 0 Å². The highest BCUT2D eigenvalue weighted by atomic mass is 32.2. The van der Waals surface area contributed by atoms with Gasteiger partial charge in [0, 0.05) is 5.92 Å². The van der Waals surface area contributed by atoms with Gasteiger partial charge in [0.15, 0.2) is 0 Å². The van der Waals surface area contributed by atoms with E-state index in [0.29, 0.717) is 0 Å². The highest BCUT2D eigenvalue weighted by molar-refractivity contribution is 7.89. The molecule has 0 aliphatic rings. The van der Waals surface area contributed by atoms with Crippen molar-refractivity contribution in [3.05, 3.63) is 24.3 Å². The zero-order valence-electron chi connectivity index (χ0n) is 10.7. The largest absolute Gasteiger partial charge is 0.325 e. The first-order valence-corrected chi connectivity index (χ1v) is 7.21. The Kier molecular flexibility index (Phi) is 4.48. The molecule has 6 heteroatoms. The fourth-order valence-corrected chi connectivity index (χ4v) is 2.06. The molecule has 0 spiro atoms. The molecule has 0 radical (unpaired) electrons. The van der Waals surface area contributed by atoms with Crippen molar-refractivity contribution in [2.75, 3.05) is 5.32 Å². The van der Waals surface area contributed by atoms with E-state index in [-0.39, 0.29) is 28.3 Å². The lowest BCUT2D eigenvalue weighted by molar-refractivity contribution is -0.120. The summed E-state index contributed by atoms with van der Waals surface area (Å²) in [5.41, 5.74) is 0.220. The third kappa shape index (κ3) is 3.54. The van der Waals surface area contributed by atoms with Crippen LogP contribution in [0.25, 0.3) is 0 Å². The standard InChI is InChI=1S/C12H18N2O3S/c1-8(2)9(3)12(15)14-10-6-4-5-7-11(10)18(13,16)17/h4-9H,1-3H3,(H,14,15)(H2,13,16,17). The molecule has 0 aliphatic carbocycles. The summed E-state index contributed by atoms with van der Waals surface area (Å²) in [6.07, 6.45) is 0. The van der Waals surface area contributed by atoms with E-state index in [9.17, 15) is 13.2 Å². The summed E-state index contributed by atoms with van der Waals surface area (Å²) >= 11 is 0. The minimum atomic E-state index is -3.84. The van der Waals surface area contributed by atoms with Gasteiger partial charge in [0.1, 0.15) is 4.90 Å². The summed E-state index contributed by atoms with van der Waals surface area (Å²) < 4.78 is 22.7. The number of hydrogen-bond donors (Lipinski definition) is 2. The molecule has 1 atom stereocenters. The van der Waals surface area contributed by atoms with Crippen molar-refractivity contribution in [2.45, 2.75) is 25.7 Å². The maximum absolute atomic E-state index is 11.9. The molecule has 0 aliphatic heterocycles. The maximum atomic E-state index is 11.9. The molecular formula is C12H18N2O3S. The predicted molar refractivity (Wildman–Crippen MR) is 70.4 cm³/mol. The van der Waals surface area contributed by atoms with E-state index in [0.717, 1.165) is 0 Å². The molecule has 1 unspecified atom stereocenters. The first-order valence-electron chi connectivity index (χ1n) is 5.66. The number of nitrogens with two attached hydrogens (primary N) is 1. The number of anilines is 1. The van der Waals surface area contributed by atoms with E-state index in [1.165, 1.54) is 12.1 Å². The zero-order valence-corrected chi connectivity index (χ0v) is 11.5. The SMILES string of the molecule is CC(C)C(C)C(=O)Nc1ccccc1S(N)(=O)=O. The van der Waals surface area contributed by atoms with E-state index in [4.69, 9.17) is 5.14 Å². The quantitative estimate of drug-likeness (QED) is 0.870. The first kappa shape index (κ1) is 14.7. The Hall–Kier alpha value is -1.40. The minimum absolute atomic E-state index is 0.0747. The molecule has 0 fully saturated rings. The van der Waals surface area contributed by atoms with Crippen LogP contribution in [0.4, 0.5) is 5.69 Å². The van der Waals surface area contributed by atoms with Crippen molar-refractivity contribution in [2.24, 2.45) is 17.0 Å². The van der Waals surface area contributed by atoms with Gasteiger partial charge >= 0.3 is 0 Å². The molecule has 0 saturated carbocycles. The highest BCUT2D eigenvalue weighted by Gasteiger charge is 2.20. The van der Waals surface area contributed by atoms with Crippen LogP contribution >= 0.6 is 0 Å². The lowest BCUT2D eigenvalue weighted by atomic mass is 9.97. The van der Waals surface area contributed by atoms with Gasteiger partial charge in [0.2, 0.25) is 15.9 Å². The van der Waals surface area contributed by atoms with Gasteiger partial charge < -0.3 is 5.32 Å². The molecule has 5 nitrogen and oxygen atoms in total. The van der Waals surface area contributed by atoms with E-state index in [1.54, 1.807) is 19.1 Å². The van der Waals surface area contributed by atoms with Crippen molar-refractivity contribution in [1.82, 2.24) is 0 Å². The van der Waals surface area contributed by atoms with Crippen molar-refractivity contribution in [1.29, 1.82) is 0 Å². The van der Waals surface area contributed by atoms with Crippen molar-refractivity contribution < 1.29 is 13.2 Å². The molecule has 3 N–H and O–H groups in total. The summed E-state index contributed by atoms with van der Waals surface area (Å²) in [6.45, 7) is 5.64. The van der Waals surface area contributed by atoms with Crippen LogP contribution in [0.15, 0.2) is 29.2 Å². The number of hydrogen-bond acceptors (Lipinski definition) is 3. The lowest BCUT2D eigenvalue weighted by Crippen LogP contribution is -2.25. The summed E-state index contributed by atoms with van der Waals surface area (Å²) in [5, 5.41) is 7.69. The number of carbonyl (C=O) groups excluding carboxylic acids is 1. The lowest BCUT2D eigenvalue weighted by Gasteiger charge is -2.16. The molecule has 1 aromatic rings. The number of amides is 1. The minimum Gasteiger partial charge on any atom is -0.325 e. The fourth-order valence-electron chi connectivity index (χ4n) is 1.37. The van der Waals surface area contributed by atoms with Crippen LogP contribution in [-0.2, 0) is 14.8 Å². The van der Waals surface area contributed by atoms with Gasteiger partial charge in [-0.05, 0) is 18.1 Å². The molecular weight excluding hydrogens is 252 g/mol. The average molecular weight is 270 g/mol. The third-order valence-electron chi connectivity index (χ3n) is 2.87. The van der Waals surface area contributed by atoms with Gasteiger partial charge in [0.25, 0.3) is 0 Å². The molecule has 0 saturated heterocycles. The Morgan fingerprint density at radius 2 is 1.78 bits per heavy atom. The highest BCUT2D eigenvalue weighted by Crippen LogP contribution is 2.21. The molecule has 1 amide bonds. The van der Waals surface area contributed by atoms with E-state index >= 15 is 0 Å². The van der Waals surface area contributed by atoms with Crippen LogP contribution in [0.5, 0.6) is 0 Å². The van der Waals surface area contributed by atoms with E-state index in [1.807, 2.05) is 13.8 Å². The molecule has 0 aromatic heterocycles. The van der Waals surface area contributed by atoms with Crippen molar-refractivity contribution >= 4 is 21.6 Å². The molecule has 18 heavy (non-hydrogen) atoms. The monoisotopic (exact) mass is 270 g/mol. The summed E-state index contributed by atoms with van der Waals surface area (Å²) in [7, 11) is -3.84. The van der Waals surface area contributed by atoms with Crippen LogP contribution in [0.3, 0.4) is 0 Å². The molecule has 0 heterocycles.